The van der Waals surface area contributed by atoms with Gasteiger partial charge in [-0.2, -0.15) is 0 Å². The molecule has 1 aliphatic heterocycles. The highest BCUT2D eigenvalue weighted by atomic mass is 35.5. The molecule has 0 fully saturated rings. The fourth-order valence-electron chi connectivity index (χ4n) is 3.48. The number of rotatable bonds is 3. The summed E-state index contributed by atoms with van der Waals surface area (Å²) in [5.74, 6) is 0. The molecule has 0 saturated heterocycles. The Morgan fingerprint density at radius 3 is 3.00 bits per heavy atom. The fraction of sp³-hybridized carbons (Fsp3) is 0.250. The van der Waals surface area contributed by atoms with Crippen LogP contribution in [0.4, 0.5) is 0 Å². The molecule has 3 heterocycles. The van der Waals surface area contributed by atoms with Gasteiger partial charge in [-0.25, -0.2) is 4.98 Å². The van der Waals surface area contributed by atoms with Gasteiger partial charge in [-0.05, 0) is 54.3 Å². The zero-order chi connectivity index (χ0) is 16.5. The Morgan fingerprint density at radius 2 is 2.21 bits per heavy atom. The Balaban J connectivity index is 1.51. The van der Waals surface area contributed by atoms with E-state index in [4.69, 9.17) is 11.6 Å². The number of benzene rings is 1. The van der Waals surface area contributed by atoms with E-state index in [0.717, 1.165) is 36.7 Å². The van der Waals surface area contributed by atoms with Crippen LogP contribution in [0, 0.1) is 6.92 Å². The van der Waals surface area contributed by atoms with Crippen molar-refractivity contribution >= 4 is 28.2 Å². The van der Waals surface area contributed by atoms with E-state index in [2.05, 4.69) is 52.3 Å². The van der Waals surface area contributed by atoms with Crippen molar-refractivity contribution in [2.75, 3.05) is 13.1 Å². The van der Waals surface area contributed by atoms with E-state index in [0.29, 0.717) is 0 Å². The second kappa shape index (κ2) is 6.42. The molecule has 0 bridgehead atoms. The van der Waals surface area contributed by atoms with Crippen molar-refractivity contribution in [1.82, 2.24) is 14.9 Å². The van der Waals surface area contributed by atoms with Gasteiger partial charge in [-0.3, -0.25) is 4.90 Å². The van der Waals surface area contributed by atoms with Gasteiger partial charge < -0.3 is 4.98 Å². The van der Waals surface area contributed by atoms with Gasteiger partial charge in [0.2, 0.25) is 0 Å². The van der Waals surface area contributed by atoms with E-state index in [1.54, 1.807) is 0 Å². The van der Waals surface area contributed by atoms with E-state index in [9.17, 15) is 0 Å². The van der Waals surface area contributed by atoms with Crippen LogP contribution in [-0.4, -0.2) is 28.0 Å². The van der Waals surface area contributed by atoms with Gasteiger partial charge in [0.15, 0.2) is 0 Å². The summed E-state index contributed by atoms with van der Waals surface area (Å²) in [4.78, 5) is 10.1. The molecule has 4 rings (SSSR count). The summed E-state index contributed by atoms with van der Waals surface area (Å²) < 4.78 is 0. The molecule has 0 unspecified atom stereocenters. The lowest BCUT2D eigenvalue weighted by atomic mass is 9.99. The molecule has 3 nitrogen and oxygen atoms in total. The molecule has 0 saturated carbocycles. The van der Waals surface area contributed by atoms with Gasteiger partial charge in [0.1, 0.15) is 5.65 Å². The predicted octanol–water partition coefficient (Wildman–Crippen LogP) is 4.81. The van der Waals surface area contributed by atoms with Crippen molar-refractivity contribution in [2.45, 2.75) is 19.9 Å². The van der Waals surface area contributed by atoms with E-state index in [1.807, 2.05) is 18.3 Å². The molecular weight excluding hydrogens is 318 g/mol. The fourth-order valence-corrected chi connectivity index (χ4v) is 3.79. The van der Waals surface area contributed by atoms with Gasteiger partial charge in [-0.15, -0.1) is 0 Å². The highest BCUT2D eigenvalue weighted by Crippen LogP contribution is 2.29. The number of halogens is 1. The third-order valence-corrected chi connectivity index (χ3v) is 4.82. The van der Waals surface area contributed by atoms with Crippen LogP contribution >= 0.6 is 11.6 Å². The van der Waals surface area contributed by atoms with Crippen LogP contribution in [0.2, 0.25) is 5.02 Å². The molecule has 3 aromatic rings. The number of nitrogens with zero attached hydrogens (tertiary/aromatic N) is 2. The monoisotopic (exact) mass is 337 g/mol. The van der Waals surface area contributed by atoms with Gasteiger partial charge in [-0.1, -0.05) is 23.7 Å². The van der Waals surface area contributed by atoms with Crippen molar-refractivity contribution in [3.05, 3.63) is 70.5 Å². The Morgan fingerprint density at radius 1 is 1.29 bits per heavy atom. The molecule has 1 N–H and O–H groups in total. The maximum absolute atomic E-state index is 6.17. The number of aryl methyl sites for hydroxylation is 1. The minimum atomic E-state index is 0.824. The smallest absolute Gasteiger partial charge is 0.137 e. The summed E-state index contributed by atoms with van der Waals surface area (Å²) in [6, 6.07) is 10.4. The summed E-state index contributed by atoms with van der Waals surface area (Å²) in [6.45, 7) is 5.06. The molecule has 2 aromatic heterocycles. The van der Waals surface area contributed by atoms with E-state index < -0.39 is 0 Å². The minimum Gasteiger partial charge on any atom is -0.346 e. The van der Waals surface area contributed by atoms with Crippen molar-refractivity contribution in [3.8, 4) is 0 Å². The van der Waals surface area contributed by atoms with Crippen LogP contribution < -0.4 is 0 Å². The topological polar surface area (TPSA) is 31.9 Å². The number of nitrogens with one attached hydrogen (secondary N) is 1. The molecule has 1 aliphatic rings. The normalized spacial score (nSPS) is 15.7. The summed E-state index contributed by atoms with van der Waals surface area (Å²) in [5.41, 5.74) is 6.17. The first-order valence-corrected chi connectivity index (χ1v) is 8.67. The first-order chi connectivity index (χ1) is 11.7. The molecule has 0 radical (unpaired) electrons. The zero-order valence-corrected chi connectivity index (χ0v) is 14.5. The zero-order valence-electron chi connectivity index (χ0n) is 13.7. The van der Waals surface area contributed by atoms with Crippen molar-refractivity contribution < 1.29 is 0 Å². The third-order valence-electron chi connectivity index (χ3n) is 4.60. The van der Waals surface area contributed by atoms with Crippen molar-refractivity contribution in [3.63, 3.8) is 0 Å². The summed E-state index contributed by atoms with van der Waals surface area (Å²) in [7, 11) is 0. The molecule has 0 aliphatic carbocycles. The first-order valence-electron chi connectivity index (χ1n) is 8.29. The molecular formula is C20H20ClN3. The van der Waals surface area contributed by atoms with Gasteiger partial charge >= 0.3 is 0 Å². The molecule has 0 amide bonds. The van der Waals surface area contributed by atoms with Crippen molar-refractivity contribution in [1.29, 1.82) is 0 Å². The van der Waals surface area contributed by atoms with Crippen molar-refractivity contribution in [2.24, 2.45) is 0 Å². The van der Waals surface area contributed by atoms with Crippen LogP contribution in [0.15, 0.2) is 48.8 Å². The van der Waals surface area contributed by atoms with E-state index in [-0.39, 0.29) is 0 Å². The maximum atomic E-state index is 6.17. The van der Waals surface area contributed by atoms with Gasteiger partial charge in [0, 0.05) is 48.0 Å². The minimum absolute atomic E-state index is 0.824. The number of hydrogen-bond donors (Lipinski definition) is 1. The van der Waals surface area contributed by atoms with Gasteiger partial charge in [0.25, 0.3) is 0 Å². The van der Waals surface area contributed by atoms with Crippen LogP contribution in [-0.2, 0) is 6.54 Å². The van der Waals surface area contributed by atoms with E-state index in [1.165, 1.54) is 27.6 Å². The molecule has 122 valence electrons. The Bertz CT molecular complexity index is 890. The maximum Gasteiger partial charge on any atom is 0.137 e. The lowest BCUT2D eigenvalue weighted by molar-refractivity contribution is 0.294. The Kier molecular flexibility index (Phi) is 4.13. The molecule has 0 atom stereocenters. The lowest BCUT2D eigenvalue weighted by Crippen LogP contribution is -2.28. The average molecular weight is 338 g/mol. The Labute approximate surface area is 147 Å². The SMILES string of the molecule is Cc1cc(Cl)cc(CN2CC=C(c3c[nH]c4ncccc34)CC2)c1. The average Bonchev–Trinajstić information content (AvgIpc) is 2.99. The molecule has 1 aromatic carbocycles. The number of fused-ring (bicyclic) bond motifs is 1. The number of aromatic nitrogens is 2. The summed E-state index contributed by atoms with van der Waals surface area (Å²) in [6.07, 6.45) is 7.31. The molecule has 24 heavy (non-hydrogen) atoms. The summed E-state index contributed by atoms with van der Waals surface area (Å²) >= 11 is 6.17. The van der Waals surface area contributed by atoms with Crippen LogP contribution in [0.25, 0.3) is 16.6 Å². The van der Waals surface area contributed by atoms with Crippen LogP contribution in [0.3, 0.4) is 0 Å². The summed E-state index contributed by atoms with van der Waals surface area (Å²) in [5, 5.41) is 2.03. The largest absolute Gasteiger partial charge is 0.346 e. The van der Waals surface area contributed by atoms with E-state index >= 15 is 0 Å². The number of H-pyrrole nitrogens is 1. The second-order valence-electron chi connectivity index (χ2n) is 6.45. The Hall–Kier alpha value is -2.10. The number of pyridine rings is 1. The first kappa shape index (κ1) is 15.4. The number of aromatic amines is 1. The molecule has 0 spiro atoms. The predicted molar refractivity (Wildman–Crippen MR) is 100 cm³/mol. The number of hydrogen-bond acceptors (Lipinski definition) is 2. The standard InChI is InChI=1S/C20H20ClN3/c1-14-9-15(11-17(21)10-14)13-24-7-4-16(5-8-24)19-12-23-20-18(19)3-2-6-22-20/h2-4,6,9-12H,5,7-8,13H2,1H3,(H,22,23). The van der Waals surface area contributed by atoms with Gasteiger partial charge in [0.05, 0.1) is 0 Å². The highest BCUT2D eigenvalue weighted by Gasteiger charge is 2.16. The molecule has 4 heteroatoms. The van der Waals surface area contributed by atoms with Crippen LogP contribution in [0.1, 0.15) is 23.1 Å². The lowest BCUT2D eigenvalue weighted by Gasteiger charge is -2.26. The highest BCUT2D eigenvalue weighted by molar-refractivity contribution is 6.30. The second-order valence-corrected chi connectivity index (χ2v) is 6.89. The quantitative estimate of drug-likeness (QED) is 0.743. The third kappa shape index (κ3) is 3.10. The van der Waals surface area contributed by atoms with Crippen LogP contribution in [0.5, 0.6) is 0 Å².